The molecule has 0 radical (unpaired) electrons. The number of phosphoric acid groups is 1. The van der Waals surface area contributed by atoms with E-state index in [1.807, 2.05) is 0 Å². The zero-order valence-electron chi connectivity index (χ0n) is 27.8. The molecule has 8 nitrogen and oxygen atoms in total. The molecular weight excluding hydrogens is 579 g/mol. The van der Waals surface area contributed by atoms with Gasteiger partial charge in [0.2, 0.25) is 0 Å². The van der Waals surface area contributed by atoms with Gasteiger partial charge in [0.15, 0.2) is 6.10 Å². The third-order valence-corrected chi connectivity index (χ3v) is 7.71. The molecule has 0 saturated heterocycles. The summed E-state index contributed by atoms with van der Waals surface area (Å²) in [5, 5.41) is 0. The summed E-state index contributed by atoms with van der Waals surface area (Å²) in [6.45, 7) is 5.25. The van der Waals surface area contributed by atoms with Gasteiger partial charge < -0.3 is 14.4 Å². The lowest BCUT2D eigenvalue weighted by atomic mass is 10.1. The fourth-order valence-corrected chi connectivity index (χ4v) is 4.96. The van der Waals surface area contributed by atoms with Crippen LogP contribution in [0.5, 0.6) is 0 Å². The van der Waals surface area contributed by atoms with Crippen LogP contribution in [-0.4, -0.2) is 42.8 Å². The Morgan fingerprint density at radius 2 is 1.16 bits per heavy atom. The van der Waals surface area contributed by atoms with E-state index in [4.69, 9.17) is 18.5 Å². The van der Waals surface area contributed by atoms with Crippen LogP contribution in [0, 0.1) is 0 Å². The van der Waals surface area contributed by atoms with E-state index in [0.717, 1.165) is 57.8 Å². The van der Waals surface area contributed by atoms with Gasteiger partial charge in [-0.3, -0.25) is 18.6 Å². The Hall–Kier alpha value is -1.99. The van der Waals surface area contributed by atoms with Gasteiger partial charge in [0.1, 0.15) is 6.61 Å². The number of carbonyl (C=O) groups excluding carboxylic acids is 2. The fourth-order valence-electron chi connectivity index (χ4n) is 4.21. The minimum atomic E-state index is -4.28. The molecule has 0 rings (SSSR count). The number of hydrogen-bond acceptors (Lipinski definition) is 7. The van der Waals surface area contributed by atoms with Crippen LogP contribution >= 0.6 is 7.82 Å². The normalized spacial score (nSPS) is 14.2. The highest BCUT2D eigenvalue weighted by Crippen LogP contribution is 2.43. The fraction of sp³-hybridized carbons (Fsp3) is 0.714. The summed E-state index contributed by atoms with van der Waals surface area (Å²) in [5.41, 5.74) is 0. The Morgan fingerprint density at radius 1 is 0.636 bits per heavy atom. The average Bonchev–Trinajstić information content (AvgIpc) is 2.99. The van der Waals surface area contributed by atoms with Gasteiger partial charge >= 0.3 is 19.8 Å². The van der Waals surface area contributed by atoms with Crippen molar-refractivity contribution in [1.82, 2.24) is 0 Å². The monoisotopic (exact) mass is 640 g/mol. The second kappa shape index (κ2) is 31.0. The van der Waals surface area contributed by atoms with Crippen LogP contribution in [0.1, 0.15) is 136 Å². The summed E-state index contributed by atoms with van der Waals surface area (Å²) in [7, 11) is -4.28. The van der Waals surface area contributed by atoms with E-state index in [0.29, 0.717) is 6.42 Å². The highest BCUT2D eigenvalue weighted by molar-refractivity contribution is 7.47. The van der Waals surface area contributed by atoms with Gasteiger partial charge in [0, 0.05) is 12.8 Å². The Kier molecular flexibility index (Phi) is 29.6. The molecule has 0 saturated carbocycles. The standard InChI is InChI=1S/C35H61O8P/c1-4-7-9-11-13-15-16-17-18-19-20-22-24-26-28-30-35(37)43-33(32-42-44(38,39)41-6-3)31-40-34(36)29-27-25-23-21-14-12-10-8-5-2/h7,9,13,15,17-18,20,22,33H,4-6,8,10-12,14,16,19,21,23-32H2,1-3H3,(H,38,39)/b9-7-,15-13-,18-17-,22-20-. The van der Waals surface area contributed by atoms with Crippen LogP contribution < -0.4 is 0 Å². The zero-order chi connectivity index (χ0) is 32.6. The van der Waals surface area contributed by atoms with E-state index in [1.54, 1.807) is 6.92 Å². The molecule has 0 aliphatic carbocycles. The van der Waals surface area contributed by atoms with Gasteiger partial charge in [-0.05, 0) is 58.3 Å². The molecule has 0 aliphatic heterocycles. The van der Waals surface area contributed by atoms with Crippen molar-refractivity contribution in [3.8, 4) is 0 Å². The molecule has 254 valence electrons. The maximum absolute atomic E-state index is 12.4. The number of ether oxygens (including phenoxy) is 2. The van der Waals surface area contributed by atoms with Gasteiger partial charge in [-0.2, -0.15) is 0 Å². The summed E-state index contributed by atoms with van der Waals surface area (Å²) in [4.78, 5) is 34.4. The second-order valence-electron chi connectivity index (χ2n) is 10.8. The third kappa shape index (κ3) is 30.1. The lowest BCUT2D eigenvalue weighted by molar-refractivity contribution is -0.161. The molecule has 44 heavy (non-hydrogen) atoms. The van der Waals surface area contributed by atoms with Crippen LogP contribution in [0.4, 0.5) is 0 Å². The SMILES string of the molecule is CC/C=C\C/C=C\C/C=C\C/C=C\CCCCC(=O)OC(COC(=O)CCCCCCCCCCC)COP(=O)(O)OCC. The highest BCUT2D eigenvalue weighted by atomic mass is 31.2. The number of unbranched alkanes of at least 4 members (excludes halogenated alkanes) is 10. The first kappa shape index (κ1) is 42.0. The van der Waals surface area contributed by atoms with E-state index >= 15 is 0 Å². The molecule has 2 unspecified atom stereocenters. The molecule has 0 fully saturated rings. The van der Waals surface area contributed by atoms with Crippen LogP contribution in [0.25, 0.3) is 0 Å². The van der Waals surface area contributed by atoms with Gasteiger partial charge in [-0.15, -0.1) is 0 Å². The molecule has 2 atom stereocenters. The smallest absolute Gasteiger partial charge is 0.462 e. The summed E-state index contributed by atoms with van der Waals surface area (Å²) >= 11 is 0. The zero-order valence-corrected chi connectivity index (χ0v) is 28.7. The van der Waals surface area contributed by atoms with Crippen LogP contribution in [0.2, 0.25) is 0 Å². The molecule has 0 aromatic carbocycles. The van der Waals surface area contributed by atoms with Crippen LogP contribution in [0.15, 0.2) is 48.6 Å². The van der Waals surface area contributed by atoms with Crippen molar-refractivity contribution in [2.75, 3.05) is 19.8 Å². The van der Waals surface area contributed by atoms with Gasteiger partial charge in [-0.25, -0.2) is 4.57 Å². The molecular formula is C35H61O8P. The first-order chi connectivity index (χ1) is 21.3. The molecule has 0 bridgehead atoms. The van der Waals surface area contributed by atoms with E-state index < -0.39 is 26.5 Å². The molecule has 0 amide bonds. The van der Waals surface area contributed by atoms with E-state index in [9.17, 15) is 19.0 Å². The van der Waals surface area contributed by atoms with Gasteiger partial charge in [-0.1, -0.05) is 114 Å². The summed E-state index contributed by atoms with van der Waals surface area (Å²) in [5.74, 6) is -0.855. The van der Waals surface area contributed by atoms with Gasteiger partial charge in [0.25, 0.3) is 0 Å². The number of phosphoric ester groups is 1. The van der Waals surface area contributed by atoms with E-state index in [2.05, 4.69) is 62.5 Å². The lowest BCUT2D eigenvalue weighted by Gasteiger charge is -2.19. The Labute approximate surface area is 268 Å². The first-order valence-corrected chi connectivity index (χ1v) is 18.4. The summed E-state index contributed by atoms with van der Waals surface area (Å²) in [6, 6.07) is 0. The molecule has 0 spiro atoms. The minimum Gasteiger partial charge on any atom is -0.462 e. The van der Waals surface area contributed by atoms with Crippen molar-refractivity contribution in [3.63, 3.8) is 0 Å². The molecule has 0 aliphatic rings. The Morgan fingerprint density at radius 3 is 1.75 bits per heavy atom. The predicted octanol–water partition coefficient (Wildman–Crippen LogP) is 9.88. The van der Waals surface area contributed by atoms with Crippen molar-refractivity contribution >= 4 is 19.8 Å². The van der Waals surface area contributed by atoms with Crippen molar-refractivity contribution in [1.29, 1.82) is 0 Å². The maximum atomic E-state index is 12.4. The molecule has 9 heteroatoms. The first-order valence-electron chi connectivity index (χ1n) is 16.9. The number of allylic oxidation sites excluding steroid dienone is 8. The Balaban J connectivity index is 4.31. The number of carbonyl (C=O) groups is 2. The van der Waals surface area contributed by atoms with Crippen LogP contribution in [-0.2, 0) is 32.7 Å². The topological polar surface area (TPSA) is 108 Å². The van der Waals surface area contributed by atoms with Crippen LogP contribution in [0.3, 0.4) is 0 Å². The van der Waals surface area contributed by atoms with Crippen molar-refractivity contribution in [3.05, 3.63) is 48.6 Å². The van der Waals surface area contributed by atoms with Gasteiger partial charge in [0.05, 0.1) is 13.2 Å². The summed E-state index contributed by atoms with van der Waals surface area (Å²) in [6.07, 6.45) is 33.2. The van der Waals surface area contributed by atoms with Crippen molar-refractivity contribution in [2.24, 2.45) is 0 Å². The minimum absolute atomic E-state index is 0.00870. The molecule has 0 aromatic rings. The summed E-state index contributed by atoms with van der Waals surface area (Å²) < 4.78 is 32.3. The lowest BCUT2D eigenvalue weighted by Crippen LogP contribution is -2.29. The highest BCUT2D eigenvalue weighted by Gasteiger charge is 2.25. The quantitative estimate of drug-likeness (QED) is 0.0358. The molecule has 0 aromatic heterocycles. The largest absolute Gasteiger partial charge is 0.472 e. The molecule has 0 heterocycles. The second-order valence-corrected chi connectivity index (χ2v) is 12.3. The molecule has 1 N–H and O–H groups in total. The predicted molar refractivity (Wildman–Crippen MR) is 179 cm³/mol. The van der Waals surface area contributed by atoms with E-state index in [-0.39, 0.29) is 32.0 Å². The Bertz CT molecular complexity index is 865. The number of rotatable bonds is 30. The third-order valence-electron chi connectivity index (χ3n) is 6.65. The average molecular weight is 641 g/mol. The van der Waals surface area contributed by atoms with Crippen molar-refractivity contribution in [2.45, 2.75) is 142 Å². The van der Waals surface area contributed by atoms with E-state index in [1.165, 1.54) is 38.5 Å². The number of esters is 2. The number of hydrogen-bond donors (Lipinski definition) is 1. The maximum Gasteiger partial charge on any atom is 0.472 e. The van der Waals surface area contributed by atoms with Crippen molar-refractivity contribution < 1.29 is 37.6 Å².